The number of carbonyl (C=O) groups is 4. The third kappa shape index (κ3) is 21.1. The quantitative estimate of drug-likeness (QED) is 0.0643. The molecule has 0 atom stereocenters. The Bertz CT molecular complexity index is 1130. The van der Waals surface area contributed by atoms with Crippen LogP contribution in [-0.4, -0.2) is 59.4 Å². The molecule has 0 aliphatic heterocycles. The first kappa shape index (κ1) is 41.5. The van der Waals surface area contributed by atoms with Crippen LogP contribution in [0, 0.1) is 5.82 Å². The second-order valence-electron chi connectivity index (χ2n) is 11.9. The monoisotopic (exact) mass is 669 g/mol. The molecule has 1 heterocycles. The molecule has 0 fully saturated rings. The fraction of sp³-hybridized carbons (Fsp3) is 0.765. The lowest BCUT2D eigenvalue weighted by Gasteiger charge is -2.18. The largest absolute Gasteiger partial charge is 0.462 e. The molecule has 1 aromatic heterocycles. The van der Waals surface area contributed by atoms with Gasteiger partial charge in [0.05, 0.1) is 6.20 Å². The summed E-state index contributed by atoms with van der Waals surface area (Å²) >= 11 is 0. The number of nitrogens with zero attached hydrogens (tertiary/aromatic N) is 1. The minimum Gasteiger partial charge on any atom is -0.462 e. The Morgan fingerprint density at radius 1 is 0.702 bits per heavy atom. The van der Waals surface area contributed by atoms with Gasteiger partial charge in [-0.3, -0.25) is 24.2 Å². The summed E-state index contributed by atoms with van der Waals surface area (Å²) in [6.45, 7) is 4.07. The van der Waals surface area contributed by atoms with E-state index in [9.17, 15) is 33.2 Å². The topological polar surface area (TPSA) is 163 Å². The summed E-state index contributed by atoms with van der Waals surface area (Å²) in [4.78, 5) is 73.7. The number of hydrogen-bond donors (Lipinski definition) is 2. The van der Waals surface area contributed by atoms with E-state index in [1.165, 1.54) is 38.5 Å². The van der Waals surface area contributed by atoms with E-state index in [4.69, 9.17) is 14.2 Å². The third-order valence-electron chi connectivity index (χ3n) is 7.58. The van der Waals surface area contributed by atoms with Crippen molar-refractivity contribution in [1.29, 1.82) is 0 Å². The number of aromatic amines is 1. The highest BCUT2D eigenvalue weighted by Crippen LogP contribution is 2.11. The number of halogens is 1. The standard InChI is InChI=1S/C34H56FN3O9/c1-3-5-7-9-11-13-16-20-29(39)45-25-27(26-46-30(40)21-17-14-12-10-8-6-4-2)47-31(41)22-18-15-19-23-36-33(43)38-24-28(35)32(42)37-34(38)44/h24,27H,3-23,25-26H2,1-2H3,(H,36,43)(H,37,42,44). The average Bonchev–Trinajstić information content (AvgIpc) is 3.04. The Kier molecular flexibility index (Phi) is 23.4. The number of aromatic nitrogens is 2. The van der Waals surface area contributed by atoms with Gasteiger partial charge < -0.3 is 19.5 Å². The maximum atomic E-state index is 13.4. The third-order valence-corrected chi connectivity index (χ3v) is 7.58. The van der Waals surface area contributed by atoms with Crippen molar-refractivity contribution >= 4 is 23.9 Å². The molecule has 0 saturated carbocycles. The molecule has 1 aromatic rings. The Labute approximate surface area is 277 Å². The van der Waals surface area contributed by atoms with E-state index in [1.807, 2.05) is 0 Å². The molecular formula is C34H56FN3O9. The van der Waals surface area contributed by atoms with Crippen LogP contribution in [-0.2, 0) is 28.6 Å². The fourth-order valence-corrected chi connectivity index (χ4v) is 4.78. The first-order chi connectivity index (χ1) is 22.7. The van der Waals surface area contributed by atoms with Gasteiger partial charge >= 0.3 is 29.6 Å². The van der Waals surface area contributed by atoms with Crippen LogP contribution in [0.1, 0.15) is 142 Å². The van der Waals surface area contributed by atoms with E-state index in [-0.39, 0.29) is 51.0 Å². The number of amides is 1. The van der Waals surface area contributed by atoms with Crippen molar-refractivity contribution in [1.82, 2.24) is 14.9 Å². The molecule has 0 aliphatic carbocycles. The smallest absolute Gasteiger partial charge is 0.336 e. The van der Waals surface area contributed by atoms with Crippen LogP contribution in [0.25, 0.3) is 0 Å². The van der Waals surface area contributed by atoms with Crippen molar-refractivity contribution < 1.29 is 37.8 Å². The molecule has 0 saturated heterocycles. The van der Waals surface area contributed by atoms with E-state index < -0.39 is 35.2 Å². The maximum Gasteiger partial charge on any atom is 0.336 e. The molecule has 12 nitrogen and oxygen atoms in total. The molecule has 47 heavy (non-hydrogen) atoms. The fourth-order valence-electron chi connectivity index (χ4n) is 4.78. The molecule has 0 spiro atoms. The highest BCUT2D eigenvalue weighted by Gasteiger charge is 2.19. The van der Waals surface area contributed by atoms with Gasteiger partial charge in [-0.05, 0) is 25.7 Å². The molecule has 0 aliphatic rings. The lowest BCUT2D eigenvalue weighted by molar-refractivity contribution is -0.167. The van der Waals surface area contributed by atoms with E-state index in [0.717, 1.165) is 51.4 Å². The predicted octanol–water partition coefficient (Wildman–Crippen LogP) is 6.07. The van der Waals surface area contributed by atoms with Crippen LogP contribution in [0.4, 0.5) is 9.18 Å². The number of carbonyl (C=O) groups excluding carboxylic acids is 4. The molecule has 0 unspecified atom stereocenters. The molecule has 2 N–H and O–H groups in total. The van der Waals surface area contributed by atoms with Gasteiger partial charge in [0.25, 0.3) is 5.56 Å². The maximum absolute atomic E-state index is 13.4. The average molecular weight is 670 g/mol. The number of hydrogen-bond acceptors (Lipinski definition) is 9. The number of rotatable bonds is 27. The van der Waals surface area contributed by atoms with Crippen LogP contribution in [0.2, 0.25) is 0 Å². The number of unbranched alkanes of at least 4 members (excludes halogenated alkanes) is 14. The van der Waals surface area contributed by atoms with Gasteiger partial charge in [0, 0.05) is 25.8 Å². The van der Waals surface area contributed by atoms with Crippen molar-refractivity contribution in [3.63, 3.8) is 0 Å². The van der Waals surface area contributed by atoms with E-state index in [1.54, 1.807) is 4.98 Å². The normalized spacial score (nSPS) is 11.0. The first-order valence-electron chi connectivity index (χ1n) is 17.5. The summed E-state index contributed by atoms with van der Waals surface area (Å²) in [7, 11) is 0. The number of ether oxygens (including phenoxy) is 3. The summed E-state index contributed by atoms with van der Waals surface area (Å²) in [5.74, 6) is -2.58. The van der Waals surface area contributed by atoms with Gasteiger partial charge in [0.1, 0.15) is 13.2 Å². The molecule has 1 amide bonds. The minimum atomic E-state index is -1.26. The van der Waals surface area contributed by atoms with Gasteiger partial charge in [-0.15, -0.1) is 0 Å². The van der Waals surface area contributed by atoms with Crippen LogP contribution < -0.4 is 16.6 Å². The minimum absolute atomic E-state index is 0.0486. The van der Waals surface area contributed by atoms with Crippen LogP contribution in [0.5, 0.6) is 0 Å². The predicted molar refractivity (Wildman–Crippen MR) is 176 cm³/mol. The molecule has 13 heteroatoms. The summed E-state index contributed by atoms with van der Waals surface area (Å²) in [5, 5.41) is 2.44. The molecule has 1 rings (SSSR count). The molecule has 0 radical (unpaired) electrons. The van der Waals surface area contributed by atoms with E-state index in [0.29, 0.717) is 30.0 Å². The Hall–Kier alpha value is -3.51. The summed E-state index contributed by atoms with van der Waals surface area (Å²) < 4.78 is 30.0. The lowest BCUT2D eigenvalue weighted by atomic mass is 10.1. The summed E-state index contributed by atoms with van der Waals surface area (Å²) in [6, 6.07) is -0.893. The Morgan fingerprint density at radius 3 is 1.66 bits per heavy atom. The van der Waals surface area contributed by atoms with E-state index in [2.05, 4.69) is 19.2 Å². The van der Waals surface area contributed by atoms with Crippen LogP contribution in [0.3, 0.4) is 0 Å². The zero-order chi connectivity index (χ0) is 34.7. The molecule has 0 aromatic carbocycles. The first-order valence-corrected chi connectivity index (χ1v) is 17.5. The highest BCUT2D eigenvalue weighted by molar-refractivity contribution is 5.76. The summed E-state index contributed by atoms with van der Waals surface area (Å²) in [6.07, 6.45) is 16.6. The van der Waals surface area contributed by atoms with Crippen molar-refractivity contribution in [2.45, 2.75) is 148 Å². The lowest BCUT2D eigenvalue weighted by Crippen LogP contribution is -2.40. The number of H-pyrrole nitrogens is 1. The van der Waals surface area contributed by atoms with Crippen LogP contribution >= 0.6 is 0 Å². The van der Waals surface area contributed by atoms with Gasteiger partial charge in [0.2, 0.25) is 5.82 Å². The van der Waals surface area contributed by atoms with Crippen molar-refractivity contribution in [3.8, 4) is 0 Å². The van der Waals surface area contributed by atoms with Gasteiger partial charge in [0.15, 0.2) is 6.10 Å². The molecular weight excluding hydrogens is 613 g/mol. The second-order valence-corrected chi connectivity index (χ2v) is 11.9. The molecule has 0 bridgehead atoms. The second kappa shape index (κ2) is 26.5. The van der Waals surface area contributed by atoms with Crippen molar-refractivity contribution in [2.24, 2.45) is 0 Å². The van der Waals surface area contributed by atoms with E-state index >= 15 is 0 Å². The Morgan fingerprint density at radius 2 is 1.15 bits per heavy atom. The van der Waals surface area contributed by atoms with Crippen LogP contribution in [0.15, 0.2) is 15.8 Å². The van der Waals surface area contributed by atoms with Gasteiger partial charge in [-0.25, -0.2) is 14.2 Å². The summed E-state index contributed by atoms with van der Waals surface area (Å²) in [5.41, 5.74) is -2.27. The van der Waals surface area contributed by atoms with Gasteiger partial charge in [-0.2, -0.15) is 4.39 Å². The van der Waals surface area contributed by atoms with Crippen molar-refractivity contribution in [2.75, 3.05) is 19.8 Å². The van der Waals surface area contributed by atoms with Crippen molar-refractivity contribution in [3.05, 3.63) is 32.9 Å². The SMILES string of the molecule is CCCCCCCCCC(=O)OCC(COC(=O)CCCCCCCCC)OC(=O)CCCCCNC(=O)n1cc(F)c(=O)[nH]c1=O. The zero-order valence-corrected chi connectivity index (χ0v) is 28.4. The molecule has 268 valence electrons. The Balaban J connectivity index is 2.43. The van der Waals surface area contributed by atoms with Gasteiger partial charge in [-0.1, -0.05) is 97.3 Å². The zero-order valence-electron chi connectivity index (χ0n) is 28.4. The number of nitrogens with one attached hydrogen (secondary N) is 2. The highest BCUT2D eigenvalue weighted by atomic mass is 19.1. The number of esters is 3.